The van der Waals surface area contributed by atoms with Gasteiger partial charge in [0, 0.05) is 37.1 Å². The summed E-state index contributed by atoms with van der Waals surface area (Å²) in [6.45, 7) is 3.41. The molecule has 0 saturated carbocycles. The lowest BCUT2D eigenvalue weighted by Crippen LogP contribution is -2.39. The van der Waals surface area contributed by atoms with Gasteiger partial charge in [0.2, 0.25) is 5.13 Å². The molecule has 0 saturated heterocycles. The molecule has 134 valence electrons. The van der Waals surface area contributed by atoms with Gasteiger partial charge in [0.15, 0.2) is 0 Å². The second-order valence-corrected chi connectivity index (χ2v) is 7.86. The van der Waals surface area contributed by atoms with Gasteiger partial charge >= 0.3 is 6.03 Å². The lowest BCUT2D eigenvalue weighted by atomic mass is 10.00. The number of benzene rings is 1. The maximum Gasteiger partial charge on any atom is 0.321 e. The smallest absolute Gasteiger partial charge is 0.321 e. The second kappa shape index (κ2) is 7.94. The molecule has 0 bridgehead atoms. The molecule has 1 aliphatic rings. The number of urea groups is 1. The van der Waals surface area contributed by atoms with Gasteiger partial charge in [0.1, 0.15) is 5.01 Å². The Morgan fingerprint density at radius 2 is 2.08 bits per heavy atom. The van der Waals surface area contributed by atoms with E-state index >= 15 is 0 Å². The third-order valence-corrected chi connectivity index (χ3v) is 5.91. The van der Waals surface area contributed by atoms with Crippen LogP contribution >= 0.6 is 22.7 Å². The number of nitrogens with zero attached hydrogens (tertiary/aromatic N) is 3. The summed E-state index contributed by atoms with van der Waals surface area (Å²) in [6, 6.07) is 10.3. The van der Waals surface area contributed by atoms with Crippen molar-refractivity contribution in [2.45, 2.75) is 13.0 Å². The fourth-order valence-corrected chi connectivity index (χ4v) is 4.44. The van der Waals surface area contributed by atoms with Gasteiger partial charge in [-0.2, -0.15) is 11.3 Å². The maximum absolute atomic E-state index is 12.0. The molecule has 1 aliphatic heterocycles. The minimum atomic E-state index is -0.240. The monoisotopic (exact) mass is 385 g/mol. The number of rotatable bonds is 5. The normalized spacial score (nSPS) is 14.0. The molecule has 0 aliphatic carbocycles. The van der Waals surface area contributed by atoms with Crippen LogP contribution in [0.15, 0.2) is 41.1 Å². The number of amides is 2. The highest BCUT2D eigenvalue weighted by Crippen LogP contribution is 2.27. The number of anilines is 1. The van der Waals surface area contributed by atoms with Crippen LogP contribution in [-0.2, 0) is 13.0 Å². The summed E-state index contributed by atoms with van der Waals surface area (Å²) in [7, 11) is 0. The topological polar surface area (TPSA) is 70.2 Å². The number of aromatic nitrogens is 2. The zero-order chi connectivity index (χ0) is 17.8. The van der Waals surface area contributed by atoms with Crippen LogP contribution in [-0.4, -0.2) is 40.8 Å². The molecule has 26 heavy (non-hydrogen) atoms. The van der Waals surface area contributed by atoms with E-state index in [0.717, 1.165) is 36.6 Å². The first kappa shape index (κ1) is 17.1. The van der Waals surface area contributed by atoms with Crippen LogP contribution in [0.1, 0.15) is 11.1 Å². The summed E-state index contributed by atoms with van der Waals surface area (Å²) in [5.74, 6) is 0. The zero-order valence-electron chi connectivity index (χ0n) is 14.1. The molecule has 3 aromatic rings. The van der Waals surface area contributed by atoms with Crippen molar-refractivity contribution in [2.24, 2.45) is 0 Å². The first-order valence-corrected chi connectivity index (χ1v) is 10.2. The Balaban J connectivity index is 1.22. The Hall–Kier alpha value is -2.29. The van der Waals surface area contributed by atoms with Crippen LogP contribution in [0.5, 0.6) is 0 Å². The summed E-state index contributed by atoms with van der Waals surface area (Å²) in [6.07, 6.45) is 1.07. The summed E-state index contributed by atoms with van der Waals surface area (Å²) < 4.78 is 0. The first-order valence-electron chi connectivity index (χ1n) is 8.48. The number of thiophene rings is 1. The van der Waals surface area contributed by atoms with Crippen LogP contribution < -0.4 is 10.6 Å². The molecule has 0 spiro atoms. The average molecular weight is 386 g/mol. The summed E-state index contributed by atoms with van der Waals surface area (Å²) >= 11 is 2.99. The molecule has 2 amide bonds. The second-order valence-electron chi connectivity index (χ2n) is 6.10. The van der Waals surface area contributed by atoms with Crippen molar-refractivity contribution in [3.8, 4) is 10.6 Å². The van der Waals surface area contributed by atoms with Gasteiger partial charge in [0.25, 0.3) is 0 Å². The Morgan fingerprint density at radius 1 is 1.19 bits per heavy atom. The zero-order valence-corrected chi connectivity index (χ0v) is 15.8. The van der Waals surface area contributed by atoms with Gasteiger partial charge < -0.3 is 5.32 Å². The summed E-state index contributed by atoms with van der Waals surface area (Å²) in [5, 5.41) is 19.1. The van der Waals surface area contributed by atoms with Gasteiger partial charge in [-0.3, -0.25) is 10.2 Å². The number of hydrogen-bond acceptors (Lipinski definition) is 6. The van der Waals surface area contributed by atoms with Crippen LogP contribution in [0.3, 0.4) is 0 Å². The maximum atomic E-state index is 12.0. The van der Waals surface area contributed by atoms with Crippen LogP contribution in [0.2, 0.25) is 0 Å². The molecule has 0 atom stereocenters. The Bertz CT molecular complexity index is 877. The molecule has 2 aromatic heterocycles. The van der Waals surface area contributed by atoms with Crippen molar-refractivity contribution >= 4 is 33.8 Å². The van der Waals surface area contributed by atoms with Crippen molar-refractivity contribution in [2.75, 3.05) is 25.0 Å². The van der Waals surface area contributed by atoms with Crippen molar-refractivity contribution in [3.05, 3.63) is 52.2 Å². The average Bonchev–Trinajstić information content (AvgIpc) is 3.33. The van der Waals surface area contributed by atoms with E-state index in [4.69, 9.17) is 0 Å². The molecular formula is C18H19N5OS2. The molecule has 0 unspecified atom stereocenters. The molecule has 8 heteroatoms. The highest BCUT2D eigenvalue weighted by atomic mass is 32.1. The molecule has 1 aromatic carbocycles. The van der Waals surface area contributed by atoms with E-state index in [2.05, 4.69) is 50.0 Å². The van der Waals surface area contributed by atoms with Crippen molar-refractivity contribution in [3.63, 3.8) is 0 Å². The lowest BCUT2D eigenvalue weighted by molar-refractivity contribution is 0.239. The summed E-state index contributed by atoms with van der Waals surface area (Å²) in [5.41, 5.74) is 3.86. The Labute approximate surface area is 159 Å². The highest BCUT2D eigenvalue weighted by Gasteiger charge is 2.15. The van der Waals surface area contributed by atoms with Gasteiger partial charge in [-0.25, -0.2) is 4.79 Å². The van der Waals surface area contributed by atoms with E-state index in [9.17, 15) is 4.79 Å². The third kappa shape index (κ3) is 4.09. The third-order valence-electron chi connectivity index (χ3n) is 4.34. The van der Waals surface area contributed by atoms with Crippen molar-refractivity contribution in [1.82, 2.24) is 20.4 Å². The molecule has 6 nitrogen and oxygen atoms in total. The van der Waals surface area contributed by atoms with Crippen molar-refractivity contribution < 1.29 is 4.79 Å². The number of fused-ring (bicyclic) bond motifs is 1. The van der Waals surface area contributed by atoms with E-state index in [-0.39, 0.29) is 6.03 Å². The highest BCUT2D eigenvalue weighted by molar-refractivity contribution is 7.19. The number of hydrogen-bond donors (Lipinski definition) is 2. The fourth-order valence-electron chi connectivity index (χ4n) is 2.99. The van der Waals surface area contributed by atoms with E-state index in [1.54, 1.807) is 11.3 Å². The first-order chi connectivity index (χ1) is 12.8. The molecule has 3 heterocycles. The predicted octanol–water partition coefficient (Wildman–Crippen LogP) is 3.45. The number of nitrogens with one attached hydrogen (secondary N) is 2. The number of carbonyl (C=O) groups excluding carboxylic acids is 1. The van der Waals surface area contributed by atoms with Crippen molar-refractivity contribution in [1.29, 1.82) is 0 Å². The quantitative estimate of drug-likeness (QED) is 0.706. The van der Waals surface area contributed by atoms with Crippen LogP contribution in [0, 0.1) is 0 Å². The van der Waals surface area contributed by atoms with Gasteiger partial charge in [0.05, 0.1) is 0 Å². The fraction of sp³-hybridized carbons (Fsp3) is 0.278. The molecule has 0 fully saturated rings. The van der Waals surface area contributed by atoms with E-state index < -0.39 is 0 Å². The molecular weight excluding hydrogens is 366 g/mol. The molecule has 0 radical (unpaired) electrons. The minimum absolute atomic E-state index is 0.240. The summed E-state index contributed by atoms with van der Waals surface area (Å²) in [4.78, 5) is 14.4. The van der Waals surface area contributed by atoms with Gasteiger partial charge in [-0.1, -0.05) is 35.6 Å². The SMILES string of the molecule is O=C(NCCN1CCc2ccccc2C1)Nc1nnc(-c2ccsc2)s1. The Morgan fingerprint density at radius 3 is 2.92 bits per heavy atom. The molecule has 2 N–H and O–H groups in total. The van der Waals surface area contributed by atoms with E-state index in [1.165, 1.54) is 22.5 Å². The van der Waals surface area contributed by atoms with Crippen LogP contribution in [0.25, 0.3) is 10.6 Å². The predicted molar refractivity (Wildman–Crippen MR) is 106 cm³/mol. The standard InChI is InChI=1S/C18H19N5OS2/c24-17(20-18-22-21-16(26-18)15-6-10-25-12-15)19-7-9-23-8-5-13-3-1-2-4-14(13)11-23/h1-4,6,10,12H,5,7-9,11H2,(H2,19,20,22,24). The van der Waals surface area contributed by atoms with Gasteiger partial charge in [-0.15, -0.1) is 10.2 Å². The number of carbonyl (C=O) groups is 1. The molecule has 4 rings (SSSR count). The Kier molecular flexibility index (Phi) is 5.24. The lowest BCUT2D eigenvalue weighted by Gasteiger charge is -2.28. The van der Waals surface area contributed by atoms with E-state index in [1.807, 2.05) is 16.8 Å². The van der Waals surface area contributed by atoms with E-state index in [0.29, 0.717) is 11.7 Å². The minimum Gasteiger partial charge on any atom is -0.337 e. The van der Waals surface area contributed by atoms with Gasteiger partial charge in [-0.05, 0) is 29.0 Å². The van der Waals surface area contributed by atoms with Crippen LogP contribution in [0.4, 0.5) is 9.93 Å². The largest absolute Gasteiger partial charge is 0.337 e.